The van der Waals surface area contributed by atoms with Gasteiger partial charge in [-0.1, -0.05) is 23.2 Å². The van der Waals surface area contributed by atoms with E-state index in [1.807, 2.05) is 32.0 Å². The molecule has 0 spiro atoms. The molecule has 0 bridgehead atoms. The molecule has 4 aromatic rings. The second kappa shape index (κ2) is 8.34. The van der Waals surface area contributed by atoms with E-state index in [2.05, 4.69) is 15.5 Å². The van der Waals surface area contributed by atoms with Crippen LogP contribution in [0.5, 0.6) is 5.75 Å². The smallest absolute Gasteiger partial charge is 0.255 e. The molecule has 0 atom stereocenters. The Morgan fingerprint density at radius 1 is 1.03 bits per heavy atom. The summed E-state index contributed by atoms with van der Waals surface area (Å²) in [7, 11) is 0. The van der Waals surface area contributed by atoms with Gasteiger partial charge in [-0.05, 0) is 74.0 Å². The molecule has 1 heterocycles. The number of ether oxygens (including phenoxy) is 1. The van der Waals surface area contributed by atoms with E-state index in [1.165, 1.54) is 4.80 Å². The van der Waals surface area contributed by atoms with Gasteiger partial charge in [-0.25, -0.2) is 0 Å². The van der Waals surface area contributed by atoms with Crippen LogP contribution in [0.2, 0.25) is 10.0 Å². The van der Waals surface area contributed by atoms with Gasteiger partial charge in [0.05, 0.1) is 17.3 Å². The molecule has 6 nitrogen and oxygen atoms in total. The van der Waals surface area contributed by atoms with Gasteiger partial charge < -0.3 is 10.1 Å². The minimum atomic E-state index is -0.271. The number of halogens is 2. The van der Waals surface area contributed by atoms with Crippen molar-refractivity contribution in [3.8, 4) is 11.4 Å². The van der Waals surface area contributed by atoms with Crippen LogP contribution in [-0.4, -0.2) is 27.5 Å². The van der Waals surface area contributed by atoms with Gasteiger partial charge in [0.2, 0.25) is 0 Å². The summed E-state index contributed by atoms with van der Waals surface area (Å²) in [5.74, 6) is 0.277. The molecule has 0 aliphatic heterocycles. The Balaban J connectivity index is 1.61. The molecule has 30 heavy (non-hydrogen) atoms. The largest absolute Gasteiger partial charge is 0.492 e. The first-order valence-electron chi connectivity index (χ1n) is 9.32. The third-order valence-corrected chi connectivity index (χ3v) is 5.07. The Morgan fingerprint density at radius 2 is 1.73 bits per heavy atom. The van der Waals surface area contributed by atoms with E-state index in [0.29, 0.717) is 39.2 Å². The van der Waals surface area contributed by atoms with E-state index in [-0.39, 0.29) is 5.91 Å². The first-order valence-corrected chi connectivity index (χ1v) is 10.1. The van der Waals surface area contributed by atoms with Gasteiger partial charge in [0.25, 0.3) is 5.91 Å². The summed E-state index contributed by atoms with van der Waals surface area (Å²) < 4.78 is 5.41. The number of fused-ring (bicyclic) bond motifs is 1. The SMILES string of the molecule is CCOc1ccc(C(=O)Nc2cc3nn(-c4ccc(Cl)cc4)nc3cc2C)cc1Cl. The van der Waals surface area contributed by atoms with Crippen molar-refractivity contribution < 1.29 is 9.53 Å². The lowest BCUT2D eigenvalue weighted by atomic mass is 10.1. The molecule has 0 unspecified atom stereocenters. The van der Waals surface area contributed by atoms with Crippen molar-refractivity contribution in [2.75, 3.05) is 11.9 Å². The maximum absolute atomic E-state index is 12.7. The Bertz CT molecular complexity index is 1240. The molecule has 1 N–H and O–H groups in total. The zero-order chi connectivity index (χ0) is 21.3. The highest BCUT2D eigenvalue weighted by Gasteiger charge is 2.13. The van der Waals surface area contributed by atoms with Gasteiger partial charge in [-0.2, -0.15) is 4.80 Å². The van der Waals surface area contributed by atoms with Gasteiger partial charge in [0.1, 0.15) is 16.8 Å². The zero-order valence-corrected chi connectivity index (χ0v) is 17.8. The lowest BCUT2D eigenvalue weighted by Crippen LogP contribution is -2.13. The van der Waals surface area contributed by atoms with E-state index >= 15 is 0 Å². The number of aromatic nitrogens is 3. The average molecular weight is 441 g/mol. The first kappa shape index (κ1) is 20.2. The fourth-order valence-corrected chi connectivity index (χ4v) is 3.36. The minimum absolute atomic E-state index is 0.271. The quantitative estimate of drug-likeness (QED) is 0.432. The highest BCUT2D eigenvalue weighted by molar-refractivity contribution is 6.32. The Labute approximate surface area is 183 Å². The summed E-state index contributed by atoms with van der Waals surface area (Å²) in [5, 5.41) is 13.0. The highest BCUT2D eigenvalue weighted by Crippen LogP contribution is 2.27. The predicted octanol–water partition coefficient (Wildman–Crippen LogP) is 5.69. The van der Waals surface area contributed by atoms with Gasteiger partial charge in [0, 0.05) is 16.3 Å². The van der Waals surface area contributed by atoms with Crippen molar-refractivity contribution in [1.82, 2.24) is 15.0 Å². The fourth-order valence-electron chi connectivity index (χ4n) is 3.00. The molecule has 4 rings (SSSR count). The molecule has 8 heteroatoms. The van der Waals surface area contributed by atoms with Gasteiger partial charge >= 0.3 is 0 Å². The summed E-state index contributed by atoms with van der Waals surface area (Å²) in [6.45, 7) is 4.28. The second-order valence-corrected chi connectivity index (χ2v) is 7.50. The topological polar surface area (TPSA) is 69.0 Å². The summed E-state index contributed by atoms with van der Waals surface area (Å²) in [4.78, 5) is 14.3. The second-order valence-electron chi connectivity index (χ2n) is 6.65. The highest BCUT2D eigenvalue weighted by atomic mass is 35.5. The number of aryl methyl sites for hydroxylation is 1. The number of anilines is 1. The molecule has 0 fully saturated rings. The molecule has 0 aliphatic carbocycles. The third-order valence-electron chi connectivity index (χ3n) is 4.53. The number of carbonyl (C=O) groups excluding carboxylic acids is 1. The van der Waals surface area contributed by atoms with Crippen LogP contribution in [0.3, 0.4) is 0 Å². The molecule has 1 amide bonds. The maximum atomic E-state index is 12.7. The molecule has 0 saturated heterocycles. The number of carbonyl (C=O) groups is 1. The molecule has 1 aromatic heterocycles. The van der Waals surface area contributed by atoms with Crippen LogP contribution in [0.15, 0.2) is 54.6 Å². The van der Waals surface area contributed by atoms with Crippen molar-refractivity contribution in [2.45, 2.75) is 13.8 Å². The van der Waals surface area contributed by atoms with Gasteiger partial charge in [0.15, 0.2) is 0 Å². The first-order chi connectivity index (χ1) is 14.4. The van der Waals surface area contributed by atoms with Crippen LogP contribution in [0.4, 0.5) is 5.69 Å². The molecular weight excluding hydrogens is 423 g/mol. The summed E-state index contributed by atoms with van der Waals surface area (Å²) in [5.41, 5.74) is 4.15. The number of hydrogen-bond acceptors (Lipinski definition) is 4. The Kier molecular flexibility index (Phi) is 5.61. The van der Waals surface area contributed by atoms with E-state index in [1.54, 1.807) is 36.4 Å². The monoisotopic (exact) mass is 440 g/mol. The van der Waals surface area contributed by atoms with E-state index in [0.717, 1.165) is 16.8 Å². The Morgan fingerprint density at radius 3 is 2.40 bits per heavy atom. The maximum Gasteiger partial charge on any atom is 0.255 e. The third kappa shape index (κ3) is 4.10. The molecule has 152 valence electrons. The van der Waals surface area contributed by atoms with Crippen molar-refractivity contribution in [3.63, 3.8) is 0 Å². The number of rotatable bonds is 5. The molecular formula is C22H18Cl2N4O2. The average Bonchev–Trinajstić information content (AvgIpc) is 3.13. The Hall–Kier alpha value is -3.09. The lowest BCUT2D eigenvalue weighted by Gasteiger charge is -2.10. The van der Waals surface area contributed by atoms with E-state index in [9.17, 15) is 4.79 Å². The summed E-state index contributed by atoms with van der Waals surface area (Å²) >= 11 is 12.1. The lowest BCUT2D eigenvalue weighted by molar-refractivity contribution is 0.102. The number of amides is 1. The standard InChI is InChI=1S/C22H18Cl2N4O2/c1-3-30-21-9-4-14(11-17(21)24)22(29)25-18-12-20-19(10-13(18)2)26-28(27-20)16-7-5-15(23)6-8-16/h4-12H,3H2,1-2H3,(H,25,29). The molecule has 0 radical (unpaired) electrons. The molecule has 3 aromatic carbocycles. The zero-order valence-electron chi connectivity index (χ0n) is 16.3. The molecule has 0 saturated carbocycles. The van der Waals surface area contributed by atoms with Crippen molar-refractivity contribution >= 4 is 45.8 Å². The summed E-state index contributed by atoms with van der Waals surface area (Å²) in [6.07, 6.45) is 0. The summed E-state index contributed by atoms with van der Waals surface area (Å²) in [6, 6.07) is 15.9. The molecule has 0 aliphatic rings. The van der Waals surface area contributed by atoms with Crippen molar-refractivity contribution in [3.05, 3.63) is 75.8 Å². The van der Waals surface area contributed by atoms with Crippen LogP contribution < -0.4 is 10.1 Å². The van der Waals surface area contributed by atoms with Gasteiger partial charge in [-0.15, -0.1) is 10.2 Å². The van der Waals surface area contributed by atoms with Crippen LogP contribution in [0.1, 0.15) is 22.8 Å². The number of nitrogens with zero attached hydrogens (tertiary/aromatic N) is 3. The van der Waals surface area contributed by atoms with Gasteiger partial charge in [-0.3, -0.25) is 4.79 Å². The predicted molar refractivity (Wildman–Crippen MR) is 119 cm³/mol. The van der Waals surface area contributed by atoms with Crippen LogP contribution in [0, 0.1) is 6.92 Å². The van der Waals surface area contributed by atoms with Crippen LogP contribution in [0.25, 0.3) is 16.7 Å². The number of benzene rings is 3. The van der Waals surface area contributed by atoms with Crippen LogP contribution in [-0.2, 0) is 0 Å². The van der Waals surface area contributed by atoms with Crippen molar-refractivity contribution in [2.24, 2.45) is 0 Å². The number of nitrogens with one attached hydrogen (secondary N) is 1. The van der Waals surface area contributed by atoms with Crippen molar-refractivity contribution in [1.29, 1.82) is 0 Å². The fraction of sp³-hybridized carbons (Fsp3) is 0.136. The van der Waals surface area contributed by atoms with E-state index < -0.39 is 0 Å². The normalized spacial score (nSPS) is 10.9. The number of hydrogen-bond donors (Lipinski definition) is 1. The van der Waals surface area contributed by atoms with E-state index in [4.69, 9.17) is 27.9 Å². The van der Waals surface area contributed by atoms with Crippen LogP contribution >= 0.6 is 23.2 Å². The minimum Gasteiger partial charge on any atom is -0.492 e.